The second-order valence-electron chi connectivity index (χ2n) is 3.58. The summed E-state index contributed by atoms with van der Waals surface area (Å²) in [5, 5.41) is 0. The van der Waals surface area contributed by atoms with Crippen molar-refractivity contribution in [3.05, 3.63) is 24.0 Å². The molecule has 0 saturated heterocycles. The number of nitrogens with zero attached hydrogens (tertiary/aromatic N) is 1. The number of Topliss-reactive ketones (excluding diaryl/α,β-unsaturated/α-hetero) is 1. The topological polar surface area (TPSA) is 39.2 Å². The van der Waals surface area contributed by atoms with Gasteiger partial charge in [0.05, 0.1) is 7.11 Å². The first kappa shape index (κ1) is 10.7. The van der Waals surface area contributed by atoms with Crippen LogP contribution < -0.4 is 4.74 Å². The first-order valence-corrected chi connectivity index (χ1v) is 4.67. The molecule has 1 heterocycles. The predicted molar refractivity (Wildman–Crippen MR) is 54.6 cm³/mol. The molecule has 1 rings (SSSR count). The summed E-state index contributed by atoms with van der Waals surface area (Å²) in [5.41, 5.74) is 0.434. The third kappa shape index (κ3) is 2.55. The second-order valence-corrected chi connectivity index (χ2v) is 3.58. The number of ketones is 1. The Morgan fingerprint density at radius 2 is 2.29 bits per heavy atom. The van der Waals surface area contributed by atoms with Crippen molar-refractivity contribution in [3.63, 3.8) is 0 Å². The minimum atomic E-state index is 0.0393. The second kappa shape index (κ2) is 4.74. The molecule has 0 aromatic carbocycles. The van der Waals surface area contributed by atoms with Gasteiger partial charge in [0.1, 0.15) is 11.4 Å². The van der Waals surface area contributed by atoms with Gasteiger partial charge in [0, 0.05) is 12.6 Å². The van der Waals surface area contributed by atoms with Gasteiger partial charge < -0.3 is 4.74 Å². The highest BCUT2D eigenvalue weighted by Crippen LogP contribution is 2.17. The molecule has 1 aromatic rings. The van der Waals surface area contributed by atoms with Crippen molar-refractivity contribution in [3.8, 4) is 5.75 Å². The molecule has 0 aliphatic rings. The van der Waals surface area contributed by atoms with Crippen molar-refractivity contribution >= 4 is 5.78 Å². The molecule has 0 bridgehead atoms. The summed E-state index contributed by atoms with van der Waals surface area (Å²) >= 11 is 0. The third-order valence-electron chi connectivity index (χ3n) is 1.85. The average Bonchev–Trinajstić information content (AvgIpc) is 2.16. The molecule has 0 spiro atoms. The van der Waals surface area contributed by atoms with Crippen LogP contribution in [0.4, 0.5) is 0 Å². The molecule has 0 saturated carbocycles. The number of rotatable bonds is 4. The van der Waals surface area contributed by atoms with Crippen molar-refractivity contribution in [2.24, 2.45) is 5.92 Å². The Hall–Kier alpha value is -1.38. The van der Waals surface area contributed by atoms with Gasteiger partial charge in [-0.25, -0.2) is 4.98 Å². The Kier molecular flexibility index (Phi) is 3.63. The van der Waals surface area contributed by atoms with E-state index in [9.17, 15) is 4.79 Å². The fraction of sp³-hybridized carbons (Fsp3) is 0.455. The SMILES string of the molecule is COc1cccnc1C(=O)CC(C)C. The van der Waals surface area contributed by atoms with E-state index in [0.29, 0.717) is 23.8 Å². The van der Waals surface area contributed by atoms with Crippen molar-refractivity contribution in [1.82, 2.24) is 4.98 Å². The summed E-state index contributed by atoms with van der Waals surface area (Å²) in [6.07, 6.45) is 2.11. The highest BCUT2D eigenvalue weighted by molar-refractivity contribution is 5.96. The Labute approximate surface area is 84.1 Å². The van der Waals surface area contributed by atoms with Crippen molar-refractivity contribution in [2.75, 3.05) is 7.11 Å². The van der Waals surface area contributed by atoms with Gasteiger partial charge in [0.25, 0.3) is 0 Å². The summed E-state index contributed by atoms with van der Waals surface area (Å²) in [5.74, 6) is 0.935. The maximum absolute atomic E-state index is 11.7. The van der Waals surface area contributed by atoms with E-state index < -0.39 is 0 Å². The van der Waals surface area contributed by atoms with E-state index >= 15 is 0 Å². The van der Waals surface area contributed by atoms with Crippen LogP contribution in [0.3, 0.4) is 0 Å². The molecule has 0 amide bonds. The molecule has 0 atom stereocenters. The van der Waals surface area contributed by atoms with Crippen molar-refractivity contribution < 1.29 is 9.53 Å². The molecule has 1 aromatic heterocycles. The minimum Gasteiger partial charge on any atom is -0.494 e. The summed E-state index contributed by atoms with van der Waals surface area (Å²) < 4.78 is 5.06. The van der Waals surface area contributed by atoms with Crippen LogP contribution in [0.25, 0.3) is 0 Å². The zero-order valence-electron chi connectivity index (χ0n) is 8.78. The zero-order chi connectivity index (χ0) is 10.6. The monoisotopic (exact) mass is 193 g/mol. The van der Waals surface area contributed by atoms with Crippen molar-refractivity contribution in [1.29, 1.82) is 0 Å². The van der Waals surface area contributed by atoms with E-state index in [0.717, 1.165) is 0 Å². The number of carbonyl (C=O) groups is 1. The molecular formula is C11H15NO2. The third-order valence-corrected chi connectivity index (χ3v) is 1.85. The summed E-state index contributed by atoms with van der Waals surface area (Å²) in [6, 6.07) is 3.51. The lowest BCUT2D eigenvalue weighted by atomic mass is 10.0. The van der Waals surface area contributed by atoms with Crippen LogP contribution in [-0.4, -0.2) is 17.9 Å². The number of ether oxygens (including phenoxy) is 1. The fourth-order valence-electron chi connectivity index (χ4n) is 1.23. The van der Waals surface area contributed by atoms with E-state index in [1.165, 1.54) is 0 Å². The van der Waals surface area contributed by atoms with Crippen LogP contribution in [0.5, 0.6) is 5.75 Å². The minimum absolute atomic E-state index is 0.0393. The van der Waals surface area contributed by atoms with Crippen LogP contribution >= 0.6 is 0 Å². The summed E-state index contributed by atoms with van der Waals surface area (Å²) in [6.45, 7) is 4.01. The lowest BCUT2D eigenvalue weighted by Gasteiger charge is -2.07. The Balaban J connectivity index is 2.88. The molecule has 0 aliphatic heterocycles. The normalized spacial score (nSPS) is 10.3. The van der Waals surface area contributed by atoms with Crippen LogP contribution in [0.2, 0.25) is 0 Å². The summed E-state index contributed by atoms with van der Waals surface area (Å²) in [7, 11) is 1.54. The van der Waals surface area contributed by atoms with Gasteiger partial charge in [-0.1, -0.05) is 13.8 Å². The molecule has 0 unspecified atom stereocenters. The van der Waals surface area contributed by atoms with Gasteiger partial charge in [0.15, 0.2) is 5.78 Å². The van der Waals surface area contributed by atoms with Gasteiger partial charge in [0.2, 0.25) is 0 Å². The van der Waals surface area contributed by atoms with Gasteiger partial charge >= 0.3 is 0 Å². The molecule has 14 heavy (non-hydrogen) atoms. The van der Waals surface area contributed by atoms with Gasteiger partial charge in [-0.15, -0.1) is 0 Å². The van der Waals surface area contributed by atoms with Crippen LogP contribution in [-0.2, 0) is 0 Å². The number of aromatic nitrogens is 1. The molecule has 3 heteroatoms. The quantitative estimate of drug-likeness (QED) is 0.689. The molecule has 0 N–H and O–H groups in total. The molecule has 0 aliphatic carbocycles. The maximum atomic E-state index is 11.7. The van der Waals surface area contributed by atoms with Crippen LogP contribution in [0, 0.1) is 5.92 Å². The summed E-state index contributed by atoms with van der Waals surface area (Å²) in [4.78, 5) is 15.7. The average molecular weight is 193 g/mol. The maximum Gasteiger partial charge on any atom is 0.185 e. The lowest BCUT2D eigenvalue weighted by Crippen LogP contribution is -2.07. The van der Waals surface area contributed by atoms with E-state index in [1.54, 1.807) is 25.4 Å². The van der Waals surface area contributed by atoms with E-state index in [4.69, 9.17) is 4.74 Å². The highest BCUT2D eigenvalue weighted by Gasteiger charge is 2.14. The van der Waals surface area contributed by atoms with Gasteiger partial charge in [-0.05, 0) is 18.1 Å². The van der Waals surface area contributed by atoms with E-state index in [1.807, 2.05) is 13.8 Å². The highest BCUT2D eigenvalue weighted by atomic mass is 16.5. The number of hydrogen-bond donors (Lipinski definition) is 0. The Morgan fingerprint density at radius 1 is 1.57 bits per heavy atom. The van der Waals surface area contributed by atoms with Crippen LogP contribution in [0.15, 0.2) is 18.3 Å². The zero-order valence-corrected chi connectivity index (χ0v) is 8.78. The smallest absolute Gasteiger partial charge is 0.185 e. The van der Waals surface area contributed by atoms with E-state index in [-0.39, 0.29) is 5.78 Å². The number of methoxy groups -OCH3 is 1. The predicted octanol–water partition coefficient (Wildman–Crippen LogP) is 2.32. The fourth-order valence-corrected chi connectivity index (χ4v) is 1.23. The molecular weight excluding hydrogens is 178 g/mol. The van der Waals surface area contributed by atoms with Crippen LogP contribution in [0.1, 0.15) is 30.8 Å². The molecule has 0 radical (unpaired) electrons. The molecule has 76 valence electrons. The van der Waals surface area contributed by atoms with Gasteiger partial charge in [-0.2, -0.15) is 0 Å². The number of hydrogen-bond acceptors (Lipinski definition) is 3. The first-order chi connectivity index (χ1) is 6.65. The van der Waals surface area contributed by atoms with Crippen molar-refractivity contribution in [2.45, 2.75) is 20.3 Å². The van der Waals surface area contributed by atoms with E-state index in [2.05, 4.69) is 4.98 Å². The molecule has 0 fully saturated rings. The van der Waals surface area contributed by atoms with Gasteiger partial charge in [-0.3, -0.25) is 4.79 Å². The Morgan fingerprint density at radius 3 is 2.86 bits per heavy atom. The first-order valence-electron chi connectivity index (χ1n) is 4.67. The lowest BCUT2D eigenvalue weighted by molar-refractivity contribution is 0.0959. The Bertz CT molecular complexity index is 321. The largest absolute Gasteiger partial charge is 0.494 e. The molecule has 3 nitrogen and oxygen atoms in total. The standard InChI is InChI=1S/C11H15NO2/c1-8(2)7-9(13)11-10(14-3)5-4-6-12-11/h4-6,8H,7H2,1-3H3. The number of carbonyl (C=O) groups excluding carboxylic acids is 1. The number of pyridine rings is 1.